The number of carbonyl (C=O) groups excluding carboxylic acids is 1. The maximum atomic E-state index is 12.5. The number of anilines is 1. The summed E-state index contributed by atoms with van der Waals surface area (Å²) in [5.74, 6) is 0.0428. The molecule has 1 aliphatic carbocycles. The Morgan fingerprint density at radius 1 is 1.17 bits per heavy atom. The molecule has 0 unspecified atom stereocenters. The average Bonchev–Trinajstić information content (AvgIpc) is 3.21. The average molecular weight is 239 g/mol. The lowest BCUT2D eigenvalue weighted by Crippen LogP contribution is -2.22. The number of pyridine rings is 2. The molecule has 2 N–H and O–H groups in total. The first-order valence-electron chi connectivity index (χ1n) is 5.90. The molecule has 1 saturated carbocycles. The van der Waals surface area contributed by atoms with Crippen LogP contribution in [0.5, 0.6) is 0 Å². The van der Waals surface area contributed by atoms with Gasteiger partial charge in [-0.25, -0.2) is 0 Å². The zero-order valence-electron chi connectivity index (χ0n) is 9.84. The van der Waals surface area contributed by atoms with E-state index in [0.717, 1.165) is 18.5 Å². The quantitative estimate of drug-likeness (QED) is 0.831. The van der Waals surface area contributed by atoms with E-state index in [1.54, 1.807) is 18.3 Å². The van der Waals surface area contributed by atoms with Crippen molar-refractivity contribution in [2.24, 2.45) is 0 Å². The third-order valence-electron chi connectivity index (χ3n) is 3.36. The molecule has 0 atom stereocenters. The van der Waals surface area contributed by atoms with E-state index in [2.05, 4.69) is 9.97 Å². The fraction of sp³-hybridized carbons (Fsp3) is 0.214. The number of aromatic nitrogens is 2. The second-order valence-electron chi connectivity index (χ2n) is 4.60. The van der Waals surface area contributed by atoms with Crippen molar-refractivity contribution in [2.45, 2.75) is 18.3 Å². The van der Waals surface area contributed by atoms with Gasteiger partial charge in [0, 0.05) is 6.20 Å². The van der Waals surface area contributed by atoms with E-state index in [1.807, 2.05) is 18.2 Å². The number of nitrogen functional groups attached to an aromatic ring is 1. The lowest BCUT2D eigenvalue weighted by molar-refractivity contribution is 0.0939. The molecule has 90 valence electrons. The van der Waals surface area contributed by atoms with Gasteiger partial charge in [0.2, 0.25) is 0 Å². The summed E-state index contributed by atoms with van der Waals surface area (Å²) in [6.45, 7) is 0. The van der Waals surface area contributed by atoms with Crippen molar-refractivity contribution in [3.05, 3.63) is 54.1 Å². The number of ketones is 1. The standard InChI is InChI=1S/C14H13N3O/c15-10-4-5-11(17-9-10)13(18)14(6-7-14)12-3-1-2-8-16-12/h1-5,8-9H,6-7,15H2. The van der Waals surface area contributed by atoms with Gasteiger partial charge in [-0.15, -0.1) is 0 Å². The minimum absolute atomic E-state index is 0.0428. The summed E-state index contributed by atoms with van der Waals surface area (Å²) in [6, 6.07) is 9.05. The monoisotopic (exact) mass is 239 g/mol. The molecule has 0 saturated heterocycles. The van der Waals surface area contributed by atoms with Crippen LogP contribution in [-0.2, 0) is 5.41 Å². The highest BCUT2D eigenvalue weighted by atomic mass is 16.1. The molecule has 3 rings (SSSR count). The maximum Gasteiger partial charge on any atom is 0.193 e. The Morgan fingerprint density at radius 2 is 2.00 bits per heavy atom. The van der Waals surface area contributed by atoms with Crippen LogP contribution in [0.3, 0.4) is 0 Å². The summed E-state index contributed by atoms with van der Waals surface area (Å²) in [5.41, 5.74) is 6.99. The van der Waals surface area contributed by atoms with Gasteiger partial charge < -0.3 is 5.73 Å². The first-order chi connectivity index (χ1) is 8.72. The third kappa shape index (κ3) is 1.66. The topological polar surface area (TPSA) is 68.9 Å². The molecule has 1 fully saturated rings. The zero-order valence-corrected chi connectivity index (χ0v) is 9.84. The number of nitrogens with zero attached hydrogens (tertiary/aromatic N) is 2. The summed E-state index contributed by atoms with van der Waals surface area (Å²) < 4.78 is 0. The second-order valence-corrected chi connectivity index (χ2v) is 4.60. The van der Waals surface area contributed by atoms with Gasteiger partial charge in [-0.3, -0.25) is 14.8 Å². The van der Waals surface area contributed by atoms with Gasteiger partial charge in [-0.05, 0) is 37.1 Å². The molecule has 18 heavy (non-hydrogen) atoms. The molecule has 2 aromatic rings. The first kappa shape index (κ1) is 10.9. The molecular weight excluding hydrogens is 226 g/mol. The molecule has 0 aliphatic heterocycles. The minimum atomic E-state index is -0.454. The lowest BCUT2D eigenvalue weighted by atomic mass is 9.93. The van der Waals surface area contributed by atoms with Crippen molar-refractivity contribution in [3.63, 3.8) is 0 Å². The molecular formula is C14H13N3O. The molecule has 1 aliphatic rings. The van der Waals surface area contributed by atoms with Crippen LogP contribution in [0.15, 0.2) is 42.7 Å². The van der Waals surface area contributed by atoms with E-state index in [4.69, 9.17) is 5.73 Å². The van der Waals surface area contributed by atoms with E-state index in [1.165, 1.54) is 6.20 Å². The molecule has 4 nitrogen and oxygen atoms in total. The van der Waals surface area contributed by atoms with Crippen molar-refractivity contribution in [2.75, 3.05) is 5.73 Å². The molecule has 0 aromatic carbocycles. The summed E-state index contributed by atoms with van der Waals surface area (Å²) in [7, 11) is 0. The largest absolute Gasteiger partial charge is 0.397 e. The van der Waals surface area contributed by atoms with Crippen LogP contribution in [0, 0.1) is 0 Å². The predicted molar refractivity (Wildman–Crippen MR) is 68.1 cm³/mol. The smallest absolute Gasteiger partial charge is 0.193 e. The Kier molecular flexibility index (Phi) is 2.37. The molecule has 0 bridgehead atoms. The fourth-order valence-corrected chi connectivity index (χ4v) is 2.16. The van der Waals surface area contributed by atoms with Crippen LogP contribution in [0.1, 0.15) is 29.0 Å². The van der Waals surface area contributed by atoms with Crippen LogP contribution >= 0.6 is 0 Å². The Morgan fingerprint density at radius 3 is 2.56 bits per heavy atom. The van der Waals surface area contributed by atoms with Crippen molar-refractivity contribution >= 4 is 11.5 Å². The van der Waals surface area contributed by atoms with E-state index < -0.39 is 5.41 Å². The molecule has 4 heteroatoms. The highest BCUT2D eigenvalue weighted by Gasteiger charge is 2.52. The van der Waals surface area contributed by atoms with Crippen LogP contribution in [-0.4, -0.2) is 15.8 Å². The fourth-order valence-electron chi connectivity index (χ4n) is 2.16. The van der Waals surface area contributed by atoms with E-state index >= 15 is 0 Å². The van der Waals surface area contributed by atoms with Crippen molar-refractivity contribution in [1.29, 1.82) is 0 Å². The van der Waals surface area contributed by atoms with Gasteiger partial charge in [0.05, 0.1) is 23.0 Å². The predicted octanol–water partition coefficient (Wildman–Crippen LogP) is 1.97. The Balaban J connectivity index is 1.96. The number of rotatable bonds is 3. The zero-order chi connectivity index (χ0) is 12.6. The molecule has 0 spiro atoms. The van der Waals surface area contributed by atoms with Crippen LogP contribution in [0.4, 0.5) is 5.69 Å². The first-order valence-corrected chi connectivity index (χ1v) is 5.90. The van der Waals surface area contributed by atoms with E-state index in [0.29, 0.717) is 11.4 Å². The van der Waals surface area contributed by atoms with Crippen LogP contribution in [0.2, 0.25) is 0 Å². The number of hydrogen-bond donors (Lipinski definition) is 1. The molecule has 0 radical (unpaired) electrons. The molecule has 0 amide bonds. The van der Waals surface area contributed by atoms with Crippen molar-refractivity contribution in [1.82, 2.24) is 9.97 Å². The third-order valence-corrected chi connectivity index (χ3v) is 3.36. The number of Topliss-reactive ketones (excluding diaryl/α,β-unsaturated/α-hetero) is 1. The number of nitrogens with two attached hydrogens (primary N) is 1. The Hall–Kier alpha value is -2.23. The molecule has 2 heterocycles. The minimum Gasteiger partial charge on any atom is -0.397 e. The van der Waals surface area contributed by atoms with Gasteiger partial charge in [0.25, 0.3) is 0 Å². The van der Waals surface area contributed by atoms with Gasteiger partial charge in [-0.2, -0.15) is 0 Å². The summed E-state index contributed by atoms with van der Waals surface area (Å²) in [6.07, 6.45) is 4.92. The van der Waals surface area contributed by atoms with Crippen LogP contribution < -0.4 is 5.73 Å². The van der Waals surface area contributed by atoms with Crippen molar-refractivity contribution in [3.8, 4) is 0 Å². The van der Waals surface area contributed by atoms with Crippen LogP contribution in [0.25, 0.3) is 0 Å². The Bertz CT molecular complexity index is 574. The van der Waals surface area contributed by atoms with Gasteiger partial charge in [0.1, 0.15) is 5.69 Å². The van der Waals surface area contributed by atoms with E-state index in [9.17, 15) is 4.79 Å². The highest BCUT2D eigenvalue weighted by molar-refractivity contribution is 6.04. The SMILES string of the molecule is Nc1ccc(C(=O)C2(c3ccccn3)CC2)nc1. The molecule has 2 aromatic heterocycles. The van der Waals surface area contributed by atoms with Crippen molar-refractivity contribution < 1.29 is 4.79 Å². The normalized spacial score (nSPS) is 16.2. The van der Waals surface area contributed by atoms with Gasteiger partial charge >= 0.3 is 0 Å². The second kappa shape index (κ2) is 3.91. The highest BCUT2D eigenvalue weighted by Crippen LogP contribution is 2.49. The Labute approximate surface area is 105 Å². The van der Waals surface area contributed by atoms with Gasteiger partial charge in [-0.1, -0.05) is 6.07 Å². The number of carbonyl (C=O) groups is 1. The number of hydrogen-bond acceptors (Lipinski definition) is 4. The summed E-state index contributed by atoms with van der Waals surface area (Å²) >= 11 is 0. The van der Waals surface area contributed by atoms with E-state index in [-0.39, 0.29) is 5.78 Å². The lowest BCUT2D eigenvalue weighted by Gasteiger charge is -2.12. The van der Waals surface area contributed by atoms with Gasteiger partial charge in [0.15, 0.2) is 5.78 Å². The maximum absolute atomic E-state index is 12.5. The summed E-state index contributed by atoms with van der Waals surface area (Å²) in [5, 5.41) is 0. The summed E-state index contributed by atoms with van der Waals surface area (Å²) in [4.78, 5) is 20.9.